The summed E-state index contributed by atoms with van der Waals surface area (Å²) >= 11 is 0. The van der Waals surface area contributed by atoms with Crippen molar-refractivity contribution in [1.29, 1.82) is 0 Å². The molecule has 4 rings (SSSR count). The highest BCUT2D eigenvalue weighted by Crippen LogP contribution is 2.34. The lowest BCUT2D eigenvalue weighted by Gasteiger charge is -2.38. The Morgan fingerprint density at radius 1 is 1.29 bits per heavy atom. The predicted molar refractivity (Wildman–Crippen MR) is 114 cm³/mol. The molecule has 0 aromatic carbocycles. The van der Waals surface area contributed by atoms with Crippen LogP contribution in [-0.2, 0) is 11.3 Å². The normalized spacial score (nSPS) is 16.0. The minimum Gasteiger partial charge on any atom is -0.483 e. The topological polar surface area (TPSA) is 114 Å². The fourth-order valence-corrected chi connectivity index (χ4v) is 3.69. The summed E-state index contributed by atoms with van der Waals surface area (Å²) in [7, 11) is 0. The molecule has 0 saturated carbocycles. The van der Waals surface area contributed by atoms with E-state index in [0.29, 0.717) is 24.5 Å². The van der Waals surface area contributed by atoms with E-state index >= 15 is 0 Å². The highest BCUT2D eigenvalue weighted by atomic mass is 16.3. The standard InChI is InChI=1S/C21H24N6O.CH2O2/c1-4-15(3)18-20-24-19(16-6-5-7-22-12-16)25-27(20)9-8-26(18)21(28)17-10-14(2)11-23-13-17;2-1-3/h5-7,10-13,15,18H,4,8-9H2,1-3H3;1H,(H,2,3)/t15-,18-;/m0./s1. The van der Waals surface area contributed by atoms with E-state index < -0.39 is 0 Å². The van der Waals surface area contributed by atoms with Crippen LogP contribution in [0.5, 0.6) is 0 Å². The number of nitrogens with zero attached hydrogens (tertiary/aromatic N) is 6. The van der Waals surface area contributed by atoms with E-state index in [0.717, 1.165) is 23.4 Å². The van der Waals surface area contributed by atoms with Crippen LogP contribution < -0.4 is 0 Å². The van der Waals surface area contributed by atoms with Crippen molar-refractivity contribution in [2.75, 3.05) is 6.54 Å². The third kappa shape index (κ3) is 4.76. The van der Waals surface area contributed by atoms with Crippen LogP contribution in [0.25, 0.3) is 11.4 Å². The highest BCUT2D eigenvalue weighted by molar-refractivity contribution is 5.94. The molecule has 1 N–H and O–H groups in total. The number of hydrogen-bond acceptors (Lipinski definition) is 6. The maximum atomic E-state index is 13.3. The van der Waals surface area contributed by atoms with Crippen LogP contribution in [-0.4, -0.2) is 53.7 Å². The molecule has 2 atom stereocenters. The molecule has 0 radical (unpaired) electrons. The lowest BCUT2D eigenvalue weighted by Crippen LogP contribution is -2.45. The molecule has 9 heteroatoms. The van der Waals surface area contributed by atoms with Crippen LogP contribution in [0.2, 0.25) is 0 Å². The average Bonchev–Trinajstić information content (AvgIpc) is 3.23. The second-order valence-corrected chi connectivity index (χ2v) is 7.44. The van der Waals surface area contributed by atoms with Gasteiger partial charge in [-0.15, -0.1) is 0 Å². The summed E-state index contributed by atoms with van der Waals surface area (Å²) in [5.41, 5.74) is 2.48. The van der Waals surface area contributed by atoms with Crippen molar-refractivity contribution >= 4 is 12.4 Å². The van der Waals surface area contributed by atoms with Crippen LogP contribution in [0.1, 0.15) is 48.1 Å². The second-order valence-electron chi connectivity index (χ2n) is 7.44. The van der Waals surface area contributed by atoms with Gasteiger partial charge in [-0.2, -0.15) is 5.10 Å². The van der Waals surface area contributed by atoms with E-state index in [1.165, 1.54) is 0 Å². The first-order chi connectivity index (χ1) is 15.0. The van der Waals surface area contributed by atoms with Gasteiger partial charge in [-0.25, -0.2) is 9.67 Å². The maximum Gasteiger partial charge on any atom is 0.290 e. The molecular weight excluding hydrogens is 396 g/mol. The summed E-state index contributed by atoms with van der Waals surface area (Å²) in [6, 6.07) is 5.60. The Balaban J connectivity index is 0.000000858. The number of carbonyl (C=O) groups excluding carboxylic acids is 1. The minimum absolute atomic E-state index is 0.00122. The number of amides is 1. The van der Waals surface area contributed by atoms with E-state index in [-0.39, 0.29) is 24.3 Å². The van der Waals surface area contributed by atoms with Crippen molar-refractivity contribution in [3.8, 4) is 11.4 Å². The lowest BCUT2D eigenvalue weighted by atomic mass is 9.94. The summed E-state index contributed by atoms with van der Waals surface area (Å²) in [5, 5.41) is 11.6. The number of carbonyl (C=O) groups is 2. The molecule has 1 aliphatic rings. The highest BCUT2D eigenvalue weighted by Gasteiger charge is 2.37. The summed E-state index contributed by atoms with van der Waals surface area (Å²) in [6.45, 7) is 7.22. The van der Waals surface area contributed by atoms with Crippen molar-refractivity contribution in [3.63, 3.8) is 0 Å². The first-order valence-corrected chi connectivity index (χ1v) is 10.2. The predicted octanol–water partition coefficient (Wildman–Crippen LogP) is 2.99. The molecule has 0 bridgehead atoms. The fraction of sp³-hybridized carbons (Fsp3) is 0.364. The third-order valence-electron chi connectivity index (χ3n) is 5.34. The monoisotopic (exact) mass is 422 g/mol. The van der Waals surface area contributed by atoms with Gasteiger partial charge in [0.15, 0.2) is 11.6 Å². The zero-order valence-corrected chi connectivity index (χ0v) is 17.8. The molecule has 1 aliphatic heterocycles. The van der Waals surface area contributed by atoms with Crippen LogP contribution in [0.3, 0.4) is 0 Å². The van der Waals surface area contributed by atoms with Crippen molar-refractivity contribution in [1.82, 2.24) is 29.6 Å². The van der Waals surface area contributed by atoms with Crippen LogP contribution >= 0.6 is 0 Å². The van der Waals surface area contributed by atoms with E-state index in [1.54, 1.807) is 24.8 Å². The van der Waals surface area contributed by atoms with Gasteiger partial charge in [-0.3, -0.25) is 19.6 Å². The smallest absolute Gasteiger partial charge is 0.290 e. The quantitative estimate of drug-likeness (QED) is 0.643. The molecule has 1 amide bonds. The number of aromatic nitrogens is 5. The van der Waals surface area contributed by atoms with E-state index in [1.807, 2.05) is 34.7 Å². The van der Waals surface area contributed by atoms with Gasteiger partial charge in [0.2, 0.25) is 0 Å². The Labute approximate surface area is 180 Å². The second kappa shape index (κ2) is 9.92. The van der Waals surface area contributed by atoms with Gasteiger partial charge in [-0.05, 0) is 36.6 Å². The van der Waals surface area contributed by atoms with Gasteiger partial charge < -0.3 is 10.0 Å². The summed E-state index contributed by atoms with van der Waals surface area (Å²) in [4.78, 5) is 36.8. The summed E-state index contributed by atoms with van der Waals surface area (Å²) in [5.74, 6) is 1.75. The number of fused-ring (bicyclic) bond motifs is 1. The van der Waals surface area contributed by atoms with Crippen LogP contribution in [0.4, 0.5) is 0 Å². The molecule has 0 unspecified atom stereocenters. The van der Waals surface area contributed by atoms with Gasteiger partial charge in [0.05, 0.1) is 18.2 Å². The minimum atomic E-state index is -0.250. The molecule has 3 aromatic heterocycles. The molecular formula is C22H26N6O3. The maximum absolute atomic E-state index is 13.3. The van der Waals surface area contributed by atoms with E-state index in [2.05, 4.69) is 28.9 Å². The fourth-order valence-electron chi connectivity index (χ4n) is 3.69. The van der Waals surface area contributed by atoms with Crippen molar-refractivity contribution in [2.24, 2.45) is 5.92 Å². The molecule has 162 valence electrons. The average molecular weight is 422 g/mol. The molecule has 9 nitrogen and oxygen atoms in total. The number of rotatable bonds is 4. The molecule has 31 heavy (non-hydrogen) atoms. The van der Waals surface area contributed by atoms with Crippen LogP contribution in [0.15, 0.2) is 43.0 Å². The number of carboxylic acid groups (broad SMARTS) is 1. The van der Waals surface area contributed by atoms with Crippen molar-refractivity contribution < 1.29 is 14.7 Å². The van der Waals surface area contributed by atoms with Gasteiger partial charge >= 0.3 is 0 Å². The first kappa shape index (κ1) is 22.1. The summed E-state index contributed by atoms with van der Waals surface area (Å²) in [6.07, 6.45) is 7.84. The SMILES string of the molecule is CC[C@H](C)[C@H]1c2nc(-c3cccnc3)nn2CCN1C(=O)c1cncc(C)c1.O=CO. The molecule has 3 aromatic rings. The van der Waals surface area contributed by atoms with Gasteiger partial charge in [0, 0.05) is 36.9 Å². The van der Waals surface area contributed by atoms with Gasteiger partial charge in [-0.1, -0.05) is 20.3 Å². The summed E-state index contributed by atoms with van der Waals surface area (Å²) < 4.78 is 1.94. The first-order valence-electron chi connectivity index (χ1n) is 10.2. The Bertz CT molecular complexity index is 1040. The van der Waals surface area contributed by atoms with E-state index in [4.69, 9.17) is 14.9 Å². The number of aryl methyl sites for hydroxylation is 1. The zero-order chi connectivity index (χ0) is 22.4. The number of hydrogen-bond donors (Lipinski definition) is 1. The van der Waals surface area contributed by atoms with Gasteiger partial charge in [0.25, 0.3) is 12.4 Å². The Kier molecular flexibility index (Phi) is 7.07. The molecule has 0 saturated heterocycles. The Hall–Kier alpha value is -3.62. The number of pyridine rings is 2. The molecule has 0 aliphatic carbocycles. The molecule has 0 spiro atoms. The van der Waals surface area contributed by atoms with Crippen molar-refractivity contribution in [2.45, 2.75) is 39.8 Å². The van der Waals surface area contributed by atoms with E-state index in [9.17, 15) is 4.79 Å². The zero-order valence-electron chi connectivity index (χ0n) is 17.8. The third-order valence-corrected chi connectivity index (χ3v) is 5.34. The molecule has 4 heterocycles. The molecule has 0 fully saturated rings. The largest absolute Gasteiger partial charge is 0.483 e. The Morgan fingerprint density at radius 3 is 2.71 bits per heavy atom. The lowest BCUT2D eigenvalue weighted by molar-refractivity contribution is -0.122. The Morgan fingerprint density at radius 2 is 2.06 bits per heavy atom. The van der Waals surface area contributed by atoms with Crippen LogP contribution in [0, 0.1) is 12.8 Å². The van der Waals surface area contributed by atoms with Crippen molar-refractivity contribution in [3.05, 3.63) is 59.9 Å². The van der Waals surface area contributed by atoms with Gasteiger partial charge in [0.1, 0.15) is 0 Å².